The molecule has 1 aromatic rings. The highest BCUT2D eigenvalue weighted by Gasteiger charge is 2.53. The van der Waals surface area contributed by atoms with Crippen LogP contribution in [0.2, 0.25) is 0 Å². The molecule has 2 saturated heterocycles. The lowest BCUT2D eigenvalue weighted by Crippen LogP contribution is -2.38. The summed E-state index contributed by atoms with van der Waals surface area (Å²) in [7, 11) is 0. The van der Waals surface area contributed by atoms with Gasteiger partial charge in [0.25, 0.3) is 0 Å². The van der Waals surface area contributed by atoms with E-state index in [-0.39, 0.29) is 29.7 Å². The number of thiophene rings is 1. The van der Waals surface area contributed by atoms with Gasteiger partial charge in [0.15, 0.2) is 0 Å². The van der Waals surface area contributed by atoms with Crippen molar-refractivity contribution in [1.82, 2.24) is 9.80 Å². The van der Waals surface area contributed by atoms with Crippen molar-refractivity contribution in [3.8, 4) is 0 Å². The van der Waals surface area contributed by atoms with E-state index in [1.54, 1.807) is 16.2 Å². The highest BCUT2D eigenvalue weighted by molar-refractivity contribution is 7.10. The van der Waals surface area contributed by atoms with Gasteiger partial charge in [-0.1, -0.05) is 26.8 Å². The largest absolute Gasteiger partial charge is 0.302 e. The lowest BCUT2D eigenvalue weighted by atomic mass is 10.00. The number of likely N-dealkylation sites (tertiary alicyclic amines) is 2. The van der Waals surface area contributed by atoms with Gasteiger partial charge >= 0.3 is 0 Å². The minimum absolute atomic E-state index is 0.0484. The van der Waals surface area contributed by atoms with E-state index >= 15 is 0 Å². The molecule has 0 saturated carbocycles. The first-order chi connectivity index (χ1) is 11.0. The van der Waals surface area contributed by atoms with E-state index < -0.39 is 0 Å². The van der Waals surface area contributed by atoms with Crippen molar-refractivity contribution in [1.29, 1.82) is 0 Å². The zero-order valence-electron chi connectivity index (χ0n) is 14.2. The third-order valence-corrected chi connectivity index (χ3v) is 6.07. The fourth-order valence-electron chi connectivity index (χ4n) is 3.77. The Kier molecular flexibility index (Phi) is 4.87. The Hall–Kier alpha value is -1.20. The van der Waals surface area contributed by atoms with E-state index in [4.69, 9.17) is 0 Å². The summed E-state index contributed by atoms with van der Waals surface area (Å²) < 4.78 is 0. The van der Waals surface area contributed by atoms with Crippen LogP contribution in [-0.4, -0.2) is 41.2 Å². The Labute approximate surface area is 142 Å². The van der Waals surface area contributed by atoms with Gasteiger partial charge in [0.1, 0.15) is 0 Å². The molecule has 23 heavy (non-hydrogen) atoms. The molecule has 0 aromatic carbocycles. The number of fused-ring (bicyclic) bond motifs is 1. The molecule has 3 rings (SSSR count). The van der Waals surface area contributed by atoms with Gasteiger partial charge in [0, 0.05) is 18.0 Å². The Bertz CT molecular complexity index is 546. The third-order valence-electron chi connectivity index (χ3n) is 5.10. The van der Waals surface area contributed by atoms with E-state index in [1.807, 2.05) is 24.4 Å². The summed E-state index contributed by atoms with van der Waals surface area (Å²) in [6.07, 6.45) is 1.91. The lowest BCUT2D eigenvalue weighted by molar-refractivity contribution is -0.143. The van der Waals surface area contributed by atoms with Crippen LogP contribution in [0.1, 0.15) is 44.5 Å². The van der Waals surface area contributed by atoms with Gasteiger partial charge in [0.05, 0.1) is 17.9 Å². The Balaban J connectivity index is 1.72. The highest BCUT2D eigenvalue weighted by atomic mass is 32.1. The van der Waals surface area contributed by atoms with E-state index in [1.165, 1.54) is 0 Å². The van der Waals surface area contributed by atoms with Crippen molar-refractivity contribution in [2.45, 2.75) is 39.7 Å². The molecule has 0 bridgehead atoms. The second kappa shape index (κ2) is 6.73. The molecule has 2 aliphatic rings. The van der Waals surface area contributed by atoms with Crippen LogP contribution in [0.15, 0.2) is 17.5 Å². The van der Waals surface area contributed by atoms with Crippen LogP contribution in [-0.2, 0) is 9.59 Å². The number of hydrogen-bond donors (Lipinski definition) is 0. The van der Waals surface area contributed by atoms with Gasteiger partial charge in [-0.2, -0.15) is 0 Å². The summed E-state index contributed by atoms with van der Waals surface area (Å²) in [5.41, 5.74) is 0. The van der Waals surface area contributed by atoms with Crippen molar-refractivity contribution >= 4 is 23.2 Å². The van der Waals surface area contributed by atoms with Gasteiger partial charge in [0.2, 0.25) is 11.8 Å². The van der Waals surface area contributed by atoms with Crippen LogP contribution in [0.5, 0.6) is 0 Å². The van der Waals surface area contributed by atoms with Gasteiger partial charge in [-0.3, -0.25) is 14.5 Å². The Morgan fingerprint density at radius 2 is 1.87 bits per heavy atom. The SMILES string of the molecule is CCC(c1cccs1)N1C(=O)[C@H]2CN(CCC(C)C)C[C@H]2C1=O. The van der Waals surface area contributed by atoms with Gasteiger partial charge in [-0.25, -0.2) is 0 Å². The molecular weight excluding hydrogens is 308 g/mol. The highest BCUT2D eigenvalue weighted by Crippen LogP contribution is 2.40. The van der Waals surface area contributed by atoms with Crippen LogP contribution < -0.4 is 0 Å². The van der Waals surface area contributed by atoms with Crippen LogP contribution in [0.4, 0.5) is 0 Å². The van der Waals surface area contributed by atoms with Gasteiger partial charge < -0.3 is 4.90 Å². The second-order valence-electron chi connectivity index (χ2n) is 7.14. The monoisotopic (exact) mass is 334 g/mol. The van der Waals surface area contributed by atoms with Crippen molar-refractivity contribution in [2.75, 3.05) is 19.6 Å². The molecule has 1 unspecified atom stereocenters. The number of hydrogen-bond acceptors (Lipinski definition) is 4. The van der Waals surface area contributed by atoms with Crippen molar-refractivity contribution in [3.63, 3.8) is 0 Å². The predicted molar refractivity (Wildman–Crippen MR) is 92.1 cm³/mol. The normalized spacial score (nSPS) is 26.3. The summed E-state index contributed by atoms with van der Waals surface area (Å²) in [6, 6.07) is 3.94. The van der Waals surface area contributed by atoms with E-state index in [2.05, 4.69) is 18.7 Å². The predicted octanol–water partition coefficient (Wildman–Crippen LogP) is 3.16. The molecular formula is C18H26N2O2S. The Morgan fingerprint density at radius 1 is 1.22 bits per heavy atom. The molecule has 2 amide bonds. The molecule has 2 aliphatic heterocycles. The van der Waals surface area contributed by atoms with E-state index in [0.717, 1.165) is 37.4 Å². The average molecular weight is 334 g/mol. The molecule has 0 N–H and O–H groups in total. The number of nitrogens with zero attached hydrogens (tertiary/aromatic N) is 2. The van der Waals surface area contributed by atoms with Crippen LogP contribution >= 0.6 is 11.3 Å². The summed E-state index contributed by atoms with van der Waals surface area (Å²) >= 11 is 1.63. The number of imide groups is 1. The molecule has 2 fully saturated rings. The zero-order chi connectivity index (χ0) is 16.6. The van der Waals surface area contributed by atoms with Gasteiger partial charge in [-0.05, 0) is 36.8 Å². The smallest absolute Gasteiger partial charge is 0.235 e. The molecule has 0 spiro atoms. The van der Waals surface area contributed by atoms with Crippen LogP contribution in [0.3, 0.4) is 0 Å². The van der Waals surface area contributed by atoms with Crippen LogP contribution in [0.25, 0.3) is 0 Å². The minimum Gasteiger partial charge on any atom is -0.302 e. The minimum atomic E-state index is -0.122. The number of rotatable bonds is 6. The first kappa shape index (κ1) is 16.7. The van der Waals surface area contributed by atoms with Crippen molar-refractivity contribution in [2.24, 2.45) is 17.8 Å². The fraction of sp³-hybridized carbons (Fsp3) is 0.667. The van der Waals surface area contributed by atoms with Crippen LogP contribution in [0, 0.1) is 17.8 Å². The molecule has 3 heterocycles. The average Bonchev–Trinajstić information content (AvgIpc) is 3.21. The summed E-state index contributed by atoms with van der Waals surface area (Å²) in [5, 5.41) is 2.01. The number of amides is 2. The van der Waals surface area contributed by atoms with E-state index in [9.17, 15) is 9.59 Å². The molecule has 4 nitrogen and oxygen atoms in total. The maximum absolute atomic E-state index is 12.9. The maximum atomic E-state index is 12.9. The molecule has 0 aliphatic carbocycles. The number of carbonyl (C=O) groups excluding carboxylic acids is 2. The van der Waals surface area contributed by atoms with Crippen molar-refractivity contribution < 1.29 is 9.59 Å². The van der Waals surface area contributed by atoms with E-state index in [0.29, 0.717) is 5.92 Å². The summed E-state index contributed by atoms with van der Waals surface area (Å²) in [6.45, 7) is 8.96. The summed E-state index contributed by atoms with van der Waals surface area (Å²) in [5.74, 6) is 0.508. The lowest BCUT2D eigenvalue weighted by Gasteiger charge is -2.27. The zero-order valence-corrected chi connectivity index (χ0v) is 15.0. The first-order valence-electron chi connectivity index (χ1n) is 8.65. The van der Waals surface area contributed by atoms with Crippen molar-refractivity contribution in [3.05, 3.63) is 22.4 Å². The number of carbonyl (C=O) groups is 2. The molecule has 3 atom stereocenters. The fourth-order valence-corrected chi connectivity index (χ4v) is 4.67. The standard InChI is InChI=1S/C18H26N2O2S/c1-4-15(16-6-5-9-23-16)20-17(21)13-10-19(8-7-12(2)3)11-14(13)18(20)22/h5-6,9,12-15H,4,7-8,10-11H2,1-3H3/t13-,14+,15?. The third kappa shape index (κ3) is 3.09. The maximum Gasteiger partial charge on any atom is 0.235 e. The molecule has 1 aromatic heterocycles. The van der Waals surface area contributed by atoms with Gasteiger partial charge in [-0.15, -0.1) is 11.3 Å². The first-order valence-corrected chi connectivity index (χ1v) is 9.53. The quantitative estimate of drug-likeness (QED) is 0.750. The Morgan fingerprint density at radius 3 is 2.35 bits per heavy atom. The molecule has 126 valence electrons. The molecule has 0 radical (unpaired) electrons. The topological polar surface area (TPSA) is 40.6 Å². The summed E-state index contributed by atoms with van der Waals surface area (Å²) in [4.78, 5) is 30.7. The second-order valence-corrected chi connectivity index (χ2v) is 8.12. The molecule has 5 heteroatoms.